The summed E-state index contributed by atoms with van der Waals surface area (Å²) < 4.78 is 4.84. The molecule has 0 aromatic heterocycles. The van der Waals surface area contributed by atoms with Crippen molar-refractivity contribution in [2.24, 2.45) is 0 Å². The normalized spacial score (nSPS) is 10.3. The number of carbonyl (C=O) groups excluding carboxylic acids is 1. The van der Waals surface area contributed by atoms with Gasteiger partial charge in [-0.25, -0.2) is 14.4 Å². The van der Waals surface area contributed by atoms with E-state index >= 15 is 0 Å². The molecule has 2 aromatic carbocycles. The maximum absolute atomic E-state index is 11.6. The van der Waals surface area contributed by atoms with Crippen LogP contribution in [-0.4, -0.2) is 34.7 Å². The molecular formula is C17H14O6. The first-order valence-electron chi connectivity index (χ1n) is 6.76. The molecule has 0 atom stereocenters. The smallest absolute Gasteiger partial charge is 0.337 e. The maximum Gasteiger partial charge on any atom is 0.337 e. The molecule has 0 aliphatic rings. The number of hydrogen-bond donors (Lipinski definition) is 2. The van der Waals surface area contributed by atoms with Gasteiger partial charge in [0.15, 0.2) is 0 Å². The predicted molar refractivity (Wildman–Crippen MR) is 82.7 cm³/mol. The third kappa shape index (κ3) is 3.37. The van der Waals surface area contributed by atoms with Gasteiger partial charge in [0, 0.05) is 12.5 Å². The Morgan fingerprint density at radius 1 is 1.09 bits per heavy atom. The lowest BCUT2D eigenvalue weighted by molar-refractivity contribution is -0.137. The summed E-state index contributed by atoms with van der Waals surface area (Å²) in [5, 5.41) is 19.8. The van der Waals surface area contributed by atoms with Gasteiger partial charge < -0.3 is 14.9 Å². The number of esters is 1. The van der Waals surface area contributed by atoms with Gasteiger partial charge in [0.05, 0.1) is 17.7 Å². The molecule has 0 radical (unpaired) electrons. The largest absolute Gasteiger partial charge is 0.478 e. The number of rotatable bonds is 6. The summed E-state index contributed by atoms with van der Waals surface area (Å²) in [7, 11) is 0. The van der Waals surface area contributed by atoms with Crippen LogP contribution in [0.2, 0.25) is 0 Å². The number of aromatic carboxylic acids is 2. The number of carbonyl (C=O) groups is 3. The highest BCUT2D eigenvalue weighted by Gasteiger charge is 2.23. The Morgan fingerprint density at radius 2 is 1.74 bits per heavy atom. The summed E-state index contributed by atoms with van der Waals surface area (Å²) in [6.45, 7) is 3.20. The molecule has 2 rings (SSSR count). The monoisotopic (exact) mass is 314 g/mol. The number of carboxylic acid groups (broad SMARTS) is 2. The third-order valence-corrected chi connectivity index (χ3v) is 3.34. The molecule has 118 valence electrons. The van der Waals surface area contributed by atoms with Crippen molar-refractivity contribution < 1.29 is 29.3 Å². The van der Waals surface area contributed by atoms with Gasteiger partial charge in [0.25, 0.3) is 0 Å². The quantitative estimate of drug-likeness (QED) is 0.627. The zero-order chi connectivity index (χ0) is 17.0. The van der Waals surface area contributed by atoms with Gasteiger partial charge in [-0.3, -0.25) is 0 Å². The Bertz CT molecular complexity index is 806. The van der Waals surface area contributed by atoms with Gasteiger partial charge in [0.1, 0.15) is 0 Å². The van der Waals surface area contributed by atoms with Crippen molar-refractivity contribution in [3.63, 3.8) is 0 Å². The summed E-state index contributed by atoms with van der Waals surface area (Å²) in [5.41, 5.74) is -0.253. The second-order valence-corrected chi connectivity index (χ2v) is 4.74. The zero-order valence-corrected chi connectivity index (χ0v) is 12.1. The Kier molecular flexibility index (Phi) is 4.75. The first-order chi connectivity index (χ1) is 11.0. The van der Waals surface area contributed by atoms with Crippen LogP contribution in [0.25, 0.3) is 10.8 Å². The number of benzene rings is 2. The molecule has 0 heterocycles. The van der Waals surface area contributed by atoms with Crippen LogP contribution in [0.3, 0.4) is 0 Å². The summed E-state index contributed by atoms with van der Waals surface area (Å²) in [6, 6.07) is 8.24. The molecule has 0 bridgehead atoms. The van der Waals surface area contributed by atoms with Gasteiger partial charge in [-0.15, -0.1) is 0 Å². The number of hydrogen-bond acceptors (Lipinski definition) is 4. The van der Waals surface area contributed by atoms with Gasteiger partial charge in [-0.1, -0.05) is 36.9 Å². The fraction of sp³-hybridized carbons (Fsp3) is 0.118. The van der Waals surface area contributed by atoms with Crippen molar-refractivity contribution >= 4 is 28.7 Å². The molecule has 0 fully saturated rings. The van der Waals surface area contributed by atoms with Crippen molar-refractivity contribution in [2.75, 3.05) is 6.61 Å². The van der Waals surface area contributed by atoms with Crippen LogP contribution in [0, 0.1) is 0 Å². The lowest BCUT2D eigenvalue weighted by Crippen LogP contribution is -2.14. The van der Waals surface area contributed by atoms with E-state index in [1.165, 1.54) is 0 Å². The predicted octanol–water partition coefficient (Wildman–Crippen LogP) is 2.51. The van der Waals surface area contributed by atoms with Crippen LogP contribution in [0.5, 0.6) is 0 Å². The van der Waals surface area contributed by atoms with Crippen molar-refractivity contribution in [3.05, 3.63) is 59.7 Å². The molecular weight excluding hydrogens is 300 g/mol. The summed E-state index contributed by atoms with van der Waals surface area (Å²) >= 11 is 0. The van der Waals surface area contributed by atoms with Crippen molar-refractivity contribution in [2.45, 2.75) is 6.42 Å². The van der Waals surface area contributed by atoms with Crippen LogP contribution in [0.1, 0.15) is 26.3 Å². The highest BCUT2D eigenvalue weighted by atomic mass is 16.5. The van der Waals surface area contributed by atoms with Gasteiger partial charge in [-0.2, -0.15) is 0 Å². The molecule has 0 aliphatic carbocycles. The van der Waals surface area contributed by atoms with Crippen LogP contribution in [-0.2, 0) is 16.0 Å². The Morgan fingerprint density at radius 3 is 2.35 bits per heavy atom. The fourth-order valence-electron chi connectivity index (χ4n) is 2.39. The fourth-order valence-corrected chi connectivity index (χ4v) is 2.39. The minimum Gasteiger partial charge on any atom is -0.478 e. The average Bonchev–Trinajstić information content (AvgIpc) is 2.52. The van der Waals surface area contributed by atoms with Crippen molar-refractivity contribution in [3.8, 4) is 0 Å². The van der Waals surface area contributed by atoms with E-state index in [1.54, 1.807) is 30.3 Å². The standard InChI is InChI=1S/C17H14O6/c1-2-13(18)23-8-7-11-9-10-5-3-4-6-12(10)15(17(21)22)14(11)16(19)20/h2-6,9H,1,7-8H2,(H,19,20)(H,21,22). The van der Waals surface area contributed by atoms with Crippen LogP contribution >= 0.6 is 0 Å². The molecule has 6 nitrogen and oxygen atoms in total. The first kappa shape index (κ1) is 16.2. The Balaban J connectivity index is 2.56. The molecule has 0 spiro atoms. The second-order valence-electron chi connectivity index (χ2n) is 4.74. The van der Waals surface area contributed by atoms with Crippen molar-refractivity contribution in [1.82, 2.24) is 0 Å². The first-order valence-corrected chi connectivity index (χ1v) is 6.76. The lowest BCUT2D eigenvalue weighted by atomic mass is 9.92. The number of ether oxygens (including phenoxy) is 1. The molecule has 0 unspecified atom stereocenters. The second kappa shape index (κ2) is 6.74. The maximum atomic E-state index is 11.6. The molecule has 2 aromatic rings. The third-order valence-electron chi connectivity index (χ3n) is 3.34. The molecule has 0 saturated heterocycles. The van der Waals surface area contributed by atoms with E-state index in [9.17, 15) is 24.6 Å². The zero-order valence-electron chi connectivity index (χ0n) is 12.1. The minimum atomic E-state index is -1.33. The molecule has 0 amide bonds. The Labute approximate surface area is 131 Å². The van der Waals surface area contributed by atoms with Gasteiger partial charge >= 0.3 is 17.9 Å². The van der Waals surface area contributed by atoms with Crippen LogP contribution in [0.4, 0.5) is 0 Å². The molecule has 23 heavy (non-hydrogen) atoms. The van der Waals surface area contributed by atoms with Crippen molar-refractivity contribution in [1.29, 1.82) is 0 Å². The van der Waals surface area contributed by atoms with Crippen LogP contribution in [0.15, 0.2) is 43.0 Å². The van der Waals surface area contributed by atoms with E-state index in [0.717, 1.165) is 6.08 Å². The lowest BCUT2D eigenvalue weighted by Gasteiger charge is -2.13. The van der Waals surface area contributed by atoms with E-state index in [-0.39, 0.29) is 24.2 Å². The summed E-state index contributed by atoms with van der Waals surface area (Å²) in [4.78, 5) is 34.2. The number of carboxylic acids is 2. The Hall–Kier alpha value is -3.15. The molecule has 0 aliphatic heterocycles. The van der Waals surface area contributed by atoms with E-state index in [2.05, 4.69) is 6.58 Å². The topological polar surface area (TPSA) is 101 Å². The highest BCUT2D eigenvalue weighted by Crippen LogP contribution is 2.27. The highest BCUT2D eigenvalue weighted by molar-refractivity contribution is 6.12. The number of fused-ring (bicyclic) bond motifs is 1. The molecule has 2 N–H and O–H groups in total. The summed E-state index contributed by atoms with van der Waals surface area (Å²) in [5.74, 6) is -3.28. The van der Waals surface area contributed by atoms with E-state index in [0.29, 0.717) is 16.3 Å². The van der Waals surface area contributed by atoms with E-state index in [1.807, 2.05) is 0 Å². The molecule has 0 saturated carbocycles. The SMILES string of the molecule is C=CC(=O)OCCc1cc2ccccc2c(C(=O)O)c1C(=O)O. The average molecular weight is 314 g/mol. The minimum absolute atomic E-state index is 0.0669. The summed E-state index contributed by atoms with van der Waals surface area (Å²) in [6.07, 6.45) is 1.09. The van der Waals surface area contributed by atoms with Gasteiger partial charge in [-0.05, 0) is 16.3 Å². The van der Waals surface area contributed by atoms with E-state index < -0.39 is 17.9 Å². The van der Waals surface area contributed by atoms with E-state index in [4.69, 9.17) is 4.74 Å². The van der Waals surface area contributed by atoms with Gasteiger partial charge in [0.2, 0.25) is 0 Å². The van der Waals surface area contributed by atoms with Crippen LogP contribution < -0.4 is 0 Å². The molecule has 6 heteroatoms.